The van der Waals surface area contributed by atoms with Crippen LogP contribution in [0.15, 0.2) is 25.3 Å². The van der Waals surface area contributed by atoms with E-state index >= 15 is 8.78 Å². The van der Waals surface area contributed by atoms with Crippen LogP contribution >= 0.6 is 27.3 Å². The van der Waals surface area contributed by atoms with Crippen LogP contribution in [0.5, 0.6) is 0 Å². The summed E-state index contributed by atoms with van der Waals surface area (Å²) in [5.41, 5.74) is 12.4. The molecule has 4 aromatic rings. The van der Waals surface area contributed by atoms with E-state index in [-0.39, 0.29) is 34.0 Å². The molecular formula is C20H22F2N10O8P2S. The van der Waals surface area contributed by atoms with Crippen molar-refractivity contribution < 1.29 is 45.5 Å². The fraction of sp³-hybridized carbons (Fsp3) is 0.500. The number of imidazole rings is 2. The summed E-state index contributed by atoms with van der Waals surface area (Å²) in [6.45, 7) is -5.62. The van der Waals surface area contributed by atoms with Gasteiger partial charge in [0.2, 0.25) is 0 Å². The van der Waals surface area contributed by atoms with Gasteiger partial charge in [-0.1, -0.05) is 12.2 Å². The second kappa shape index (κ2) is 10.9. The quantitative estimate of drug-likeness (QED) is 0.204. The minimum absolute atomic E-state index is 0.0619. The van der Waals surface area contributed by atoms with E-state index in [1.165, 1.54) is 34.4 Å². The number of alkyl halides is 2. The second-order valence-electron chi connectivity index (χ2n) is 9.66. The van der Waals surface area contributed by atoms with Gasteiger partial charge in [0.05, 0.1) is 25.9 Å². The fourth-order valence-electron chi connectivity index (χ4n) is 5.12. The molecule has 10 atom stereocenters. The Morgan fingerprint density at radius 1 is 0.860 bits per heavy atom. The van der Waals surface area contributed by atoms with Gasteiger partial charge < -0.3 is 30.0 Å². The van der Waals surface area contributed by atoms with Crippen LogP contribution in [0.2, 0.25) is 0 Å². The monoisotopic (exact) mass is 662 g/mol. The highest BCUT2D eigenvalue weighted by atomic mass is 32.7. The minimum Gasteiger partial charge on any atom is -0.382 e. The molecule has 7 rings (SSSR count). The van der Waals surface area contributed by atoms with E-state index in [0.29, 0.717) is 0 Å². The summed E-state index contributed by atoms with van der Waals surface area (Å²) in [5, 5.41) is 0. The highest BCUT2D eigenvalue weighted by Crippen LogP contribution is 2.58. The molecule has 0 spiro atoms. The van der Waals surface area contributed by atoms with Crippen molar-refractivity contribution in [2.24, 2.45) is 0 Å². The molecule has 0 aromatic carbocycles. The van der Waals surface area contributed by atoms with Crippen LogP contribution in [-0.4, -0.2) is 89.0 Å². The largest absolute Gasteiger partial charge is 0.386 e. The van der Waals surface area contributed by atoms with Crippen molar-refractivity contribution in [1.82, 2.24) is 39.0 Å². The van der Waals surface area contributed by atoms with E-state index in [2.05, 4.69) is 42.2 Å². The van der Waals surface area contributed by atoms with Crippen molar-refractivity contribution in [2.45, 2.75) is 49.2 Å². The number of nitrogens with zero attached hydrogens (tertiary/aromatic N) is 8. The predicted octanol–water partition coefficient (Wildman–Crippen LogP) is 1.55. The second-order valence-corrected chi connectivity index (χ2v) is 13.6. The highest BCUT2D eigenvalue weighted by Gasteiger charge is 2.53. The van der Waals surface area contributed by atoms with E-state index < -0.39 is 77.5 Å². The summed E-state index contributed by atoms with van der Waals surface area (Å²) >= 11 is 4.01. The zero-order chi connectivity index (χ0) is 30.0. The van der Waals surface area contributed by atoms with Gasteiger partial charge in [0.25, 0.3) is 0 Å². The number of nitrogens with two attached hydrogens (primary N) is 2. The van der Waals surface area contributed by atoms with Crippen molar-refractivity contribution in [1.29, 1.82) is 0 Å². The number of anilines is 2. The third kappa shape index (κ3) is 5.07. The molecule has 4 N–H and O–H groups in total. The molecule has 0 aliphatic carbocycles. The summed E-state index contributed by atoms with van der Waals surface area (Å²) in [6, 6.07) is 0. The van der Waals surface area contributed by atoms with Crippen molar-refractivity contribution in [3.63, 3.8) is 0 Å². The number of nitrogen functional groups attached to an aromatic ring is 2. The number of ether oxygens (including phenoxy) is 2. The molecule has 43 heavy (non-hydrogen) atoms. The molecule has 4 aromatic heterocycles. The van der Waals surface area contributed by atoms with Gasteiger partial charge in [0, 0.05) is 0 Å². The number of fused-ring (bicyclic) bond motifs is 5. The van der Waals surface area contributed by atoms with Crippen molar-refractivity contribution >= 4 is 61.3 Å². The van der Waals surface area contributed by atoms with Gasteiger partial charge in [-0.2, -0.15) is 0 Å². The molecule has 3 aliphatic heterocycles. The highest BCUT2D eigenvalue weighted by molar-refractivity contribution is 8.44. The lowest BCUT2D eigenvalue weighted by molar-refractivity contribution is -0.0559. The Hall–Kier alpha value is -2.87. The Bertz CT molecular complexity index is 1770. The van der Waals surface area contributed by atoms with E-state index in [4.69, 9.17) is 39.0 Å². The fourth-order valence-corrected chi connectivity index (χ4v) is 7.44. The molecule has 3 fully saturated rings. The van der Waals surface area contributed by atoms with Crippen molar-refractivity contribution in [3.05, 3.63) is 25.3 Å². The molecule has 18 nitrogen and oxygen atoms in total. The summed E-state index contributed by atoms with van der Waals surface area (Å²) in [7, 11) is -3.47. The normalized spacial score (nSPS) is 37.1. The number of aromatic nitrogens is 8. The van der Waals surface area contributed by atoms with Gasteiger partial charge >= 0.3 is 15.1 Å². The summed E-state index contributed by atoms with van der Waals surface area (Å²) in [4.78, 5) is 24.2. The molecule has 2 bridgehead atoms. The smallest absolute Gasteiger partial charge is 0.382 e. The summed E-state index contributed by atoms with van der Waals surface area (Å²) < 4.78 is 93.6. The molecule has 230 valence electrons. The van der Waals surface area contributed by atoms with Gasteiger partial charge in [-0.15, -0.1) is 0 Å². The van der Waals surface area contributed by atoms with Gasteiger partial charge in [-0.25, -0.2) is 43.2 Å². The Balaban J connectivity index is 1.18. The van der Waals surface area contributed by atoms with Gasteiger partial charge in [-0.3, -0.25) is 22.7 Å². The maximum atomic E-state index is 15.8. The van der Waals surface area contributed by atoms with E-state index in [9.17, 15) is 9.13 Å². The lowest BCUT2D eigenvalue weighted by atomic mass is 10.1. The Morgan fingerprint density at radius 3 is 2.12 bits per heavy atom. The standard InChI is InChI=1S/C20H22F2N10O8P2S/c21-9-7-1-35-41(33)39-13-8(38-19(10(13)22)31-5-29-11-15(23)25-3-27-17(11)31)2-36-42(34,43)40-14(9)20(37-7)32-6-30-12-16(24)26-4-28-18(12)32/h3-10,13-14,19-20,41H,1-2H2,(H,34,43)(H2,23,25,27)(H2,24,26,28)/t7-,8-,9-,10-,13-,14-,19-,20-,42?/m1/s1. The van der Waals surface area contributed by atoms with E-state index in [1.807, 2.05) is 0 Å². The number of hydrogen-bond donors (Lipinski definition) is 3. The molecular weight excluding hydrogens is 640 g/mol. The van der Waals surface area contributed by atoms with Gasteiger partial charge in [-0.05, 0) is 0 Å². The third-order valence-corrected chi connectivity index (χ3v) is 9.59. The number of halogens is 2. The SMILES string of the molecule is Nc1ncnc2c1ncn2[C@@H]1O[C@@H]2COP(=O)(S)O[C@@H]3[C@H](F)[C@@H](CO[PH](=O)O[C@H]2[C@H]1F)O[C@H]3n1cnc2c(N)ncnc21. The first-order chi connectivity index (χ1) is 20.6. The molecule has 2 unspecified atom stereocenters. The maximum Gasteiger partial charge on any atom is 0.386 e. The van der Waals surface area contributed by atoms with Crippen LogP contribution in [-0.2, 0) is 36.7 Å². The van der Waals surface area contributed by atoms with Crippen molar-refractivity contribution in [2.75, 3.05) is 24.7 Å². The Morgan fingerprint density at radius 2 is 1.47 bits per heavy atom. The third-order valence-electron chi connectivity index (χ3n) is 7.11. The average Bonchev–Trinajstić information content (AvgIpc) is 3.73. The number of hydrogen-bond acceptors (Lipinski definition) is 16. The summed E-state index contributed by atoms with van der Waals surface area (Å²) in [5.74, 6) is 0.124. The predicted molar refractivity (Wildman–Crippen MR) is 144 cm³/mol. The summed E-state index contributed by atoms with van der Waals surface area (Å²) in [6.07, 6.45) is -7.66. The number of thiol groups is 1. The zero-order valence-corrected chi connectivity index (χ0v) is 24.3. The van der Waals surface area contributed by atoms with E-state index in [0.717, 1.165) is 0 Å². The van der Waals surface area contributed by atoms with Crippen LogP contribution in [0.3, 0.4) is 0 Å². The molecule has 0 radical (unpaired) electrons. The van der Waals surface area contributed by atoms with Crippen molar-refractivity contribution in [3.8, 4) is 0 Å². The molecule has 0 amide bonds. The number of rotatable bonds is 2. The molecule has 23 heteroatoms. The van der Waals surface area contributed by atoms with Crippen LogP contribution < -0.4 is 11.5 Å². The topological polar surface area (TPSA) is 229 Å². The first kappa shape index (κ1) is 28.9. The molecule has 3 aliphatic rings. The average molecular weight is 662 g/mol. The maximum absolute atomic E-state index is 15.8. The Labute approximate surface area is 245 Å². The van der Waals surface area contributed by atoms with Crippen LogP contribution in [0, 0.1) is 0 Å². The van der Waals surface area contributed by atoms with E-state index in [1.54, 1.807) is 0 Å². The lowest BCUT2D eigenvalue weighted by Crippen LogP contribution is -2.33. The van der Waals surface area contributed by atoms with Gasteiger partial charge in [0.1, 0.15) is 48.1 Å². The first-order valence-corrected chi connectivity index (χ1v) is 16.5. The molecule has 0 saturated carbocycles. The zero-order valence-electron chi connectivity index (χ0n) is 21.5. The van der Waals surface area contributed by atoms with Gasteiger partial charge in [0.15, 0.2) is 47.7 Å². The molecule has 3 saturated heterocycles. The first-order valence-electron chi connectivity index (χ1n) is 12.6. The van der Waals surface area contributed by atoms with Crippen LogP contribution in [0.1, 0.15) is 12.5 Å². The Kier molecular flexibility index (Phi) is 7.34. The lowest BCUT2D eigenvalue weighted by Gasteiger charge is -2.25. The minimum atomic E-state index is -4.40. The molecule has 7 heterocycles. The van der Waals surface area contributed by atoms with Crippen LogP contribution in [0.4, 0.5) is 20.4 Å². The van der Waals surface area contributed by atoms with Crippen LogP contribution in [0.25, 0.3) is 22.3 Å².